The molecule has 1 unspecified atom stereocenters. The second-order valence-corrected chi connectivity index (χ2v) is 5.78. The van der Waals surface area contributed by atoms with Crippen molar-refractivity contribution in [1.82, 2.24) is 0 Å². The van der Waals surface area contributed by atoms with Crippen LogP contribution in [0.1, 0.15) is 51.5 Å². The molecule has 0 aromatic heterocycles. The molecule has 1 saturated heterocycles. The van der Waals surface area contributed by atoms with Gasteiger partial charge in [0.05, 0.1) is 5.60 Å². The van der Waals surface area contributed by atoms with Gasteiger partial charge in [0.25, 0.3) is 0 Å². The number of rotatable bonds is 5. The Hall–Kier alpha value is -0.930. The van der Waals surface area contributed by atoms with E-state index in [0.717, 1.165) is 38.7 Å². The van der Waals surface area contributed by atoms with E-state index >= 15 is 0 Å². The monoisotopic (exact) mass is 279 g/mol. The summed E-state index contributed by atoms with van der Waals surface area (Å²) in [6.07, 6.45) is 4.92. The fraction of sp³-hybridized carbons (Fsp3) is 0.647. The fourth-order valence-electron chi connectivity index (χ4n) is 4.06. The molecule has 3 heteroatoms. The first-order valence-corrected chi connectivity index (χ1v) is 7.74. The highest BCUT2D eigenvalue weighted by Gasteiger charge is 2.52. The molecular formula is C17H26FNO. The summed E-state index contributed by atoms with van der Waals surface area (Å²) in [5, 5.41) is 0. The molecule has 2 rings (SSSR count). The van der Waals surface area contributed by atoms with Crippen LogP contribution in [0.25, 0.3) is 0 Å². The quantitative estimate of drug-likeness (QED) is 0.890. The highest BCUT2D eigenvalue weighted by molar-refractivity contribution is 5.31. The van der Waals surface area contributed by atoms with Crippen LogP contribution >= 0.6 is 0 Å². The van der Waals surface area contributed by atoms with Gasteiger partial charge >= 0.3 is 0 Å². The number of nitrogens with two attached hydrogens (primary N) is 1. The third-order valence-corrected chi connectivity index (χ3v) is 5.11. The van der Waals surface area contributed by atoms with Crippen LogP contribution in [0, 0.1) is 5.82 Å². The van der Waals surface area contributed by atoms with Crippen LogP contribution < -0.4 is 5.73 Å². The minimum absolute atomic E-state index is 0.0861. The maximum absolute atomic E-state index is 13.3. The highest BCUT2D eigenvalue weighted by atomic mass is 19.1. The lowest BCUT2D eigenvalue weighted by molar-refractivity contribution is -0.143. The van der Waals surface area contributed by atoms with Crippen molar-refractivity contribution in [3.63, 3.8) is 0 Å². The Bertz CT molecular complexity index is 423. The molecule has 0 saturated carbocycles. The fourth-order valence-corrected chi connectivity index (χ4v) is 4.06. The summed E-state index contributed by atoms with van der Waals surface area (Å²) >= 11 is 0. The van der Waals surface area contributed by atoms with E-state index in [0.29, 0.717) is 6.54 Å². The van der Waals surface area contributed by atoms with E-state index in [9.17, 15) is 4.39 Å². The van der Waals surface area contributed by atoms with Gasteiger partial charge < -0.3 is 10.5 Å². The Morgan fingerprint density at radius 2 is 1.85 bits per heavy atom. The second kappa shape index (κ2) is 6.23. The van der Waals surface area contributed by atoms with E-state index in [4.69, 9.17) is 10.5 Å². The van der Waals surface area contributed by atoms with Gasteiger partial charge in [0.15, 0.2) is 0 Å². The van der Waals surface area contributed by atoms with E-state index in [1.54, 1.807) is 12.1 Å². The molecule has 2 N–H and O–H groups in total. The van der Waals surface area contributed by atoms with E-state index in [2.05, 4.69) is 13.8 Å². The van der Waals surface area contributed by atoms with Crippen LogP contribution in [-0.2, 0) is 10.2 Å². The van der Waals surface area contributed by atoms with Crippen molar-refractivity contribution in [2.45, 2.75) is 57.0 Å². The van der Waals surface area contributed by atoms with Gasteiger partial charge in [-0.05, 0) is 56.3 Å². The van der Waals surface area contributed by atoms with E-state index < -0.39 is 0 Å². The van der Waals surface area contributed by atoms with Gasteiger partial charge in [-0.25, -0.2) is 4.39 Å². The first-order chi connectivity index (χ1) is 9.64. The second-order valence-electron chi connectivity index (χ2n) is 5.78. The van der Waals surface area contributed by atoms with Crippen molar-refractivity contribution < 1.29 is 9.13 Å². The van der Waals surface area contributed by atoms with Gasteiger partial charge in [-0.3, -0.25) is 0 Å². The van der Waals surface area contributed by atoms with E-state index in [1.165, 1.54) is 5.56 Å². The van der Waals surface area contributed by atoms with Gasteiger partial charge in [-0.1, -0.05) is 26.0 Å². The minimum atomic E-state index is -0.188. The van der Waals surface area contributed by atoms with Crippen molar-refractivity contribution >= 4 is 0 Å². The Morgan fingerprint density at radius 1 is 1.20 bits per heavy atom. The predicted molar refractivity (Wildman–Crippen MR) is 80.2 cm³/mol. The number of hydrogen-bond acceptors (Lipinski definition) is 2. The number of halogens is 1. The Balaban J connectivity index is 2.52. The molecule has 1 fully saturated rings. The molecule has 1 aliphatic rings. The molecule has 0 radical (unpaired) electrons. The lowest BCUT2D eigenvalue weighted by atomic mass is 9.59. The van der Waals surface area contributed by atoms with Crippen molar-refractivity contribution in [2.24, 2.45) is 5.73 Å². The van der Waals surface area contributed by atoms with Crippen molar-refractivity contribution in [3.8, 4) is 0 Å². The maximum atomic E-state index is 13.3. The van der Waals surface area contributed by atoms with Crippen molar-refractivity contribution in [2.75, 3.05) is 13.2 Å². The lowest BCUT2D eigenvalue weighted by Crippen LogP contribution is -2.56. The molecule has 2 nitrogen and oxygen atoms in total. The summed E-state index contributed by atoms with van der Waals surface area (Å²) in [6.45, 7) is 5.81. The van der Waals surface area contributed by atoms with Gasteiger partial charge in [0.1, 0.15) is 5.82 Å². The summed E-state index contributed by atoms with van der Waals surface area (Å²) in [7, 11) is 0. The molecule has 0 bridgehead atoms. The Morgan fingerprint density at radius 3 is 2.40 bits per heavy atom. The highest BCUT2D eigenvalue weighted by Crippen LogP contribution is 2.50. The molecular weight excluding hydrogens is 253 g/mol. The van der Waals surface area contributed by atoms with Crippen LogP contribution in [0.4, 0.5) is 4.39 Å². The first-order valence-electron chi connectivity index (χ1n) is 7.74. The zero-order valence-electron chi connectivity index (χ0n) is 12.6. The molecule has 112 valence electrons. The first kappa shape index (κ1) is 15.5. The van der Waals surface area contributed by atoms with Crippen LogP contribution in [0.3, 0.4) is 0 Å². The zero-order valence-corrected chi connectivity index (χ0v) is 12.6. The van der Waals surface area contributed by atoms with Crippen LogP contribution in [0.2, 0.25) is 0 Å². The largest absolute Gasteiger partial charge is 0.374 e. The van der Waals surface area contributed by atoms with Gasteiger partial charge in [0, 0.05) is 12.0 Å². The van der Waals surface area contributed by atoms with E-state index in [-0.39, 0.29) is 16.8 Å². The summed E-state index contributed by atoms with van der Waals surface area (Å²) in [4.78, 5) is 0. The molecule has 1 aliphatic heterocycles. The predicted octanol–water partition coefficient (Wildman–Crippen LogP) is 3.78. The minimum Gasteiger partial charge on any atom is -0.374 e. The van der Waals surface area contributed by atoms with Crippen LogP contribution in [0.15, 0.2) is 24.3 Å². The zero-order chi connectivity index (χ0) is 14.6. The summed E-state index contributed by atoms with van der Waals surface area (Å²) in [5.41, 5.74) is 6.82. The smallest absolute Gasteiger partial charge is 0.123 e. The molecule has 20 heavy (non-hydrogen) atoms. The maximum Gasteiger partial charge on any atom is 0.123 e. The molecule has 1 aromatic rings. The van der Waals surface area contributed by atoms with Crippen molar-refractivity contribution in [3.05, 3.63) is 35.6 Å². The molecule has 0 aliphatic carbocycles. The third kappa shape index (κ3) is 2.38. The lowest BCUT2D eigenvalue weighted by Gasteiger charge is -2.53. The molecule has 0 amide bonds. The Kier molecular flexibility index (Phi) is 4.82. The van der Waals surface area contributed by atoms with Gasteiger partial charge in [0.2, 0.25) is 0 Å². The van der Waals surface area contributed by atoms with E-state index in [1.807, 2.05) is 12.1 Å². The average Bonchev–Trinajstić information content (AvgIpc) is 2.49. The normalized spacial score (nSPS) is 25.6. The number of ether oxygens (including phenoxy) is 1. The number of benzene rings is 1. The summed E-state index contributed by atoms with van der Waals surface area (Å²) < 4.78 is 19.5. The average molecular weight is 279 g/mol. The number of hydrogen-bond donors (Lipinski definition) is 1. The summed E-state index contributed by atoms with van der Waals surface area (Å²) in [5.74, 6) is -0.188. The van der Waals surface area contributed by atoms with Crippen LogP contribution in [0.5, 0.6) is 0 Å². The molecule has 1 atom stereocenters. The van der Waals surface area contributed by atoms with Crippen molar-refractivity contribution in [1.29, 1.82) is 0 Å². The van der Waals surface area contributed by atoms with Crippen LogP contribution in [-0.4, -0.2) is 18.8 Å². The molecule has 0 spiro atoms. The standard InChI is InChI=1S/C17H26FNO/c1-3-17(4-2)16(11-12-19,10-5-13-20-17)14-6-8-15(18)9-7-14/h6-9H,3-5,10-13,19H2,1-2H3. The third-order valence-electron chi connectivity index (χ3n) is 5.11. The Labute approximate surface area is 121 Å². The SMILES string of the molecule is CCC1(CC)OCCCC1(CCN)c1ccc(F)cc1. The summed E-state index contributed by atoms with van der Waals surface area (Å²) in [6, 6.07) is 6.94. The molecule has 1 heterocycles. The molecule has 1 aromatic carbocycles. The topological polar surface area (TPSA) is 35.2 Å². The van der Waals surface area contributed by atoms with Gasteiger partial charge in [-0.15, -0.1) is 0 Å². The van der Waals surface area contributed by atoms with Gasteiger partial charge in [-0.2, -0.15) is 0 Å².